The molecular weight excluding hydrogens is 252 g/mol. The standard InChI is InChI=1S/C16H32N2O2/c1-13(2)17-16(12-19)7-4-15(10-16)18(3)11-14-5-8-20-9-6-14/h13-15,17,19H,4-12H2,1-3H3. The monoisotopic (exact) mass is 284 g/mol. The van der Waals surface area contributed by atoms with Crippen molar-refractivity contribution in [3.05, 3.63) is 0 Å². The molecule has 1 aliphatic carbocycles. The van der Waals surface area contributed by atoms with E-state index in [1.54, 1.807) is 0 Å². The number of aliphatic hydroxyl groups is 1. The van der Waals surface area contributed by atoms with Crippen LogP contribution in [0.15, 0.2) is 0 Å². The largest absolute Gasteiger partial charge is 0.394 e. The lowest BCUT2D eigenvalue weighted by Gasteiger charge is -2.34. The first-order valence-corrected chi connectivity index (χ1v) is 8.21. The van der Waals surface area contributed by atoms with E-state index in [1.807, 2.05) is 0 Å². The maximum absolute atomic E-state index is 9.79. The summed E-state index contributed by atoms with van der Waals surface area (Å²) in [5.74, 6) is 0.788. The van der Waals surface area contributed by atoms with E-state index in [0.29, 0.717) is 12.1 Å². The summed E-state index contributed by atoms with van der Waals surface area (Å²) in [6.45, 7) is 7.62. The molecule has 4 heteroatoms. The molecule has 0 aromatic rings. The lowest BCUT2D eigenvalue weighted by Crippen LogP contribution is -2.50. The molecule has 2 atom stereocenters. The van der Waals surface area contributed by atoms with E-state index in [9.17, 15) is 5.11 Å². The predicted molar refractivity (Wildman–Crippen MR) is 81.9 cm³/mol. The lowest BCUT2D eigenvalue weighted by atomic mass is 9.96. The molecule has 20 heavy (non-hydrogen) atoms. The van der Waals surface area contributed by atoms with Gasteiger partial charge < -0.3 is 20.1 Å². The van der Waals surface area contributed by atoms with E-state index in [4.69, 9.17) is 4.74 Å². The van der Waals surface area contributed by atoms with Gasteiger partial charge in [0.05, 0.1) is 6.61 Å². The average molecular weight is 284 g/mol. The Morgan fingerprint density at radius 3 is 2.60 bits per heavy atom. The maximum atomic E-state index is 9.79. The fourth-order valence-corrected chi connectivity index (χ4v) is 3.89. The molecule has 0 aromatic heterocycles. The molecule has 2 aliphatic rings. The molecule has 0 aromatic carbocycles. The van der Waals surface area contributed by atoms with E-state index in [2.05, 4.69) is 31.1 Å². The zero-order valence-electron chi connectivity index (χ0n) is 13.4. The number of ether oxygens (including phenoxy) is 1. The van der Waals surface area contributed by atoms with Crippen LogP contribution >= 0.6 is 0 Å². The van der Waals surface area contributed by atoms with Crippen LogP contribution in [0, 0.1) is 5.92 Å². The summed E-state index contributed by atoms with van der Waals surface area (Å²) in [7, 11) is 2.25. The minimum atomic E-state index is -0.0528. The van der Waals surface area contributed by atoms with Gasteiger partial charge in [0.2, 0.25) is 0 Å². The van der Waals surface area contributed by atoms with Crippen molar-refractivity contribution in [1.82, 2.24) is 10.2 Å². The van der Waals surface area contributed by atoms with E-state index in [-0.39, 0.29) is 12.1 Å². The van der Waals surface area contributed by atoms with Gasteiger partial charge in [-0.05, 0) is 45.1 Å². The Morgan fingerprint density at radius 2 is 2.00 bits per heavy atom. The topological polar surface area (TPSA) is 44.7 Å². The third-order valence-corrected chi connectivity index (χ3v) is 4.99. The van der Waals surface area contributed by atoms with Crippen molar-refractivity contribution < 1.29 is 9.84 Å². The molecule has 2 unspecified atom stereocenters. The van der Waals surface area contributed by atoms with Gasteiger partial charge in [0.1, 0.15) is 0 Å². The Hall–Kier alpha value is -0.160. The van der Waals surface area contributed by atoms with Crippen LogP contribution in [0.4, 0.5) is 0 Å². The van der Waals surface area contributed by atoms with Crippen molar-refractivity contribution in [3.63, 3.8) is 0 Å². The van der Waals surface area contributed by atoms with Gasteiger partial charge in [-0.1, -0.05) is 13.8 Å². The van der Waals surface area contributed by atoms with Crippen molar-refractivity contribution in [3.8, 4) is 0 Å². The number of nitrogens with one attached hydrogen (secondary N) is 1. The maximum Gasteiger partial charge on any atom is 0.0614 e. The van der Waals surface area contributed by atoms with Crippen LogP contribution in [0.25, 0.3) is 0 Å². The molecular formula is C16H32N2O2. The number of aliphatic hydroxyl groups excluding tert-OH is 1. The van der Waals surface area contributed by atoms with Crippen molar-refractivity contribution in [2.45, 2.75) is 63.6 Å². The van der Waals surface area contributed by atoms with Crippen molar-refractivity contribution in [1.29, 1.82) is 0 Å². The highest BCUT2D eigenvalue weighted by molar-refractivity contribution is 4.99. The highest BCUT2D eigenvalue weighted by Crippen LogP contribution is 2.33. The van der Waals surface area contributed by atoms with Crippen LogP contribution in [-0.4, -0.2) is 61.0 Å². The first kappa shape index (κ1) is 16.2. The summed E-state index contributed by atoms with van der Waals surface area (Å²) >= 11 is 0. The molecule has 0 amide bonds. The van der Waals surface area contributed by atoms with Gasteiger partial charge in [0.25, 0.3) is 0 Å². The quantitative estimate of drug-likeness (QED) is 0.778. The van der Waals surface area contributed by atoms with E-state index < -0.39 is 0 Å². The Labute approximate surface area is 123 Å². The van der Waals surface area contributed by atoms with Gasteiger partial charge in [-0.2, -0.15) is 0 Å². The van der Waals surface area contributed by atoms with Crippen LogP contribution in [0.1, 0.15) is 46.0 Å². The summed E-state index contributed by atoms with van der Waals surface area (Å²) in [6.07, 6.45) is 5.75. The van der Waals surface area contributed by atoms with E-state index in [0.717, 1.165) is 32.0 Å². The van der Waals surface area contributed by atoms with Gasteiger partial charge in [0, 0.05) is 37.4 Å². The van der Waals surface area contributed by atoms with Crippen LogP contribution < -0.4 is 5.32 Å². The second kappa shape index (κ2) is 7.21. The van der Waals surface area contributed by atoms with Crippen molar-refractivity contribution in [2.24, 2.45) is 5.92 Å². The SMILES string of the molecule is CC(C)NC1(CO)CCC(N(C)CC2CCOCC2)C1. The van der Waals surface area contributed by atoms with Crippen LogP contribution in [-0.2, 0) is 4.74 Å². The molecule has 1 heterocycles. The molecule has 0 spiro atoms. The number of hydrogen-bond donors (Lipinski definition) is 2. The number of nitrogens with zero attached hydrogens (tertiary/aromatic N) is 1. The van der Waals surface area contributed by atoms with Crippen LogP contribution in [0.3, 0.4) is 0 Å². The molecule has 1 saturated heterocycles. The van der Waals surface area contributed by atoms with Gasteiger partial charge in [-0.15, -0.1) is 0 Å². The van der Waals surface area contributed by atoms with Crippen LogP contribution in [0.2, 0.25) is 0 Å². The summed E-state index contributed by atoms with van der Waals surface area (Å²) in [4.78, 5) is 2.52. The highest BCUT2D eigenvalue weighted by atomic mass is 16.5. The fourth-order valence-electron chi connectivity index (χ4n) is 3.89. The molecule has 118 valence electrons. The van der Waals surface area contributed by atoms with Gasteiger partial charge in [0.15, 0.2) is 0 Å². The zero-order valence-corrected chi connectivity index (χ0v) is 13.4. The lowest BCUT2D eigenvalue weighted by molar-refractivity contribution is 0.0494. The van der Waals surface area contributed by atoms with E-state index in [1.165, 1.54) is 25.8 Å². The molecule has 2 fully saturated rings. The van der Waals surface area contributed by atoms with Crippen molar-refractivity contribution in [2.75, 3.05) is 33.4 Å². The minimum absolute atomic E-state index is 0.0528. The molecule has 0 radical (unpaired) electrons. The molecule has 1 saturated carbocycles. The molecule has 2 N–H and O–H groups in total. The number of rotatable bonds is 6. The Morgan fingerprint density at radius 1 is 1.30 bits per heavy atom. The van der Waals surface area contributed by atoms with Crippen LogP contribution in [0.5, 0.6) is 0 Å². The zero-order chi connectivity index (χ0) is 14.6. The summed E-state index contributed by atoms with van der Waals surface area (Å²) in [6, 6.07) is 1.04. The number of hydrogen-bond acceptors (Lipinski definition) is 4. The predicted octanol–water partition coefficient (Wildman–Crippen LogP) is 1.63. The second-order valence-electron chi connectivity index (χ2n) is 7.13. The van der Waals surface area contributed by atoms with Crippen molar-refractivity contribution >= 4 is 0 Å². The van der Waals surface area contributed by atoms with E-state index >= 15 is 0 Å². The third kappa shape index (κ3) is 4.17. The third-order valence-electron chi connectivity index (χ3n) is 4.99. The summed E-state index contributed by atoms with van der Waals surface area (Å²) < 4.78 is 5.44. The molecule has 1 aliphatic heterocycles. The molecule has 4 nitrogen and oxygen atoms in total. The smallest absolute Gasteiger partial charge is 0.0614 e. The first-order chi connectivity index (χ1) is 9.54. The molecule has 0 bridgehead atoms. The van der Waals surface area contributed by atoms with Gasteiger partial charge >= 0.3 is 0 Å². The summed E-state index contributed by atoms with van der Waals surface area (Å²) in [5.41, 5.74) is -0.0528. The Balaban J connectivity index is 1.83. The first-order valence-electron chi connectivity index (χ1n) is 8.21. The normalized spacial score (nSPS) is 32.4. The fraction of sp³-hybridized carbons (Fsp3) is 1.00. The average Bonchev–Trinajstić information content (AvgIpc) is 2.84. The Bertz CT molecular complexity index is 292. The van der Waals surface area contributed by atoms with Gasteiger partial charge in [-0.25, -0.2) is 0 Å². The minimum Gasteiger partial charge on any atom is -0.394 e. The summed E-state index contributed by atoms with van der Waals surface area (Å²) in [5, 5.41) is 13.4. The Kier molecular flexibility index (Phi) is 5.84. The molecule has 2 rings (SSSR count). The van der Waals surface area contributed by atoms with Gasteiger partial charge in [-0.3, -0.25) is 0 Å². The highest BCUT2D eigenvalue weighted by Gasteiger charge is 2.40. The second-order valence-corrected chi connectivity index (χ2v) is 7.13.